The molecule has 2 fully saturated rings. The summed E-state index contributed by atoms with van der Waals surface area (Å²) in [7, 11) is 0. The Kier molecular flexibility index (Phi) is 7.09. The Morgan fingerprint density at radius 2 is 1.97 bits per heavy atom. The van der Waals surface area contributed by atoms with Crippen molar-refractivity contribution in [2.75, 3.05) is 51.3 Å². The number of amides is 1. The lowest BCUT2D eigenvalue weighted by atomic mass is 10.1. The highest BCUT2D eigenvalue weighted by Gasteiger charge is 2.25. The molecular weight excluding hydrogens is 442 g/mol. The van der Waals surface area contributed by atoms with E-state index in [-0.39, 0.29) is 12.0 Å². The van der Waals surface area contributed by atoms with Crippen LogP contribution < -0.4 is 10.1 Å². The molecule has 1 N–H and O–H groups in total. The molecule has 1 aromatic carbocycles. The van der Waals surface area contributed by atoms with Crippen LogP contribution in [0.15, 0.2) is 18.2 Å². The number of aromatic nitrogens is 1. The van der Waals surface area contributed by atoms with Crippen LogP contribution >= 0.6 is 0 Å². The van der Waals surface area contributed by atoms with Crippen LogP contribution in [-0.2, 0) is 29.0 Å². The maximum Gasteiger partial charge on any atom is 0.239 e. The van der Waals surface area contributed by atoms with E-state index >= 15 is 0 Å². The van der Waals surface area contributed by atoms with Crippen LogP contribution in [0.5, 0.6) is 5.75 Å². The van der Waals surface area contributed by atoms with Gasteiger partial charge < -0.3 is 19.4 Å². The summed E-state index contributed by atoms with van der Waals surface area (Å²) < 4.78 is 13.5. The Morgan fingerprint density at radius 3 is 2.71 bits per heavy atom. The molecular formula is C27H35N5O3. The quantitative estimate of drug-likeness (QED) is 0.660. The number of rotatable bonds is 7. The molecule has 4 heterocycles. The number of hydrogen-bond acceptors (Lipinski definition) is 6. The molecule has 0 unspecified atom stereocenters. The van der Waals surface area contributed by atoms with Gasteiger partial charge >= 0.3 is 0 Å². The van der Waals surface area contributed by atoms with E-state index < -0.39 is 0 Å². The van der Waals surface area contributed by atoms with Gasteiger partial charge in [0, 0.05) is 51.4 Å². The van der Waals surface area contributed by atoms with E-state index in [1.54, 1.807) is 0 Å². The molecule has 8 heteroatoms. The van der Waals surface area contributed by atoms with E-state index in [1.807, 2.05) is 13.8 Å². The summed E-state index contributed by atoms with van der Waals surface area (Å²) in [6.45, 7) is 11.0. The average Bonchev–Trinajstić information content (AvgIpc) is 3.58. The van der Waals surface area contributed by atoms with E-state index in [9.17, 15) is 10.1 Å². The first-order chi connectivity index (χ1) is 17.0. The molecule has 5 rings (SSSR count). The topological polar surface area (TPSA) is 82.8 Å². The highest BCUT2D eigenvalue weighted by atomic mass is 16.5. The van der Waals surface area contributed by atoms with Crippen LogP contribution in [0.25, 0.3) is 0 Å². The van der Waals surface area contributed by atoms with Crippen molar-refractivity contribution in [2.45, 2.75) is 52.3 Å². The molecule has 35 heavy (non-hydrogen) atoms. The van der Waals surface area contributed by atoms with Gasteiger partial charge in [-0.15, -0.1) is 0 Å². The molecule has 1 atom stereocenters. The van der Waals surface area contributed by atoms with Crippen molar-refractivity contribution in [3.05, 3.63) is 46.1 Å². The number of ether oxygens (including phenoxy) is 2. The number of piperazine rings is 1. The van der Waals surface area contributed by atoms with Crippen molar-refractivity contribution >= 4 is 11.7 Å². The number of carbonyl (C=O) groups excluding carboxylic acids is 1. The molecule has 2 saturated heterocycles. The summed E-state index contributed by atoms with van der Waals surface area (Å²) in [5.74, 6) is 1.57. The van der Waals surface area contributed by atoms with Gasteiger partial charge in [-0.3, -0.25) is 14.6 Å². The normalized spacial score (nSPS) is 20.4. The molecule has 0 aliphatic carbocycles. The van der Waals surface area contributed by atoms with E-state index in [2.05, 4.69) is 44.0 Å². The number of anilines is 1. The first-order valence-corrected chi connectivity index (χ1v) is 12.7. The first kappa shape index (κ1) is 23.9. The van der Waals surface area contributed by atoms with Gasteiger partial charge in [-0.05, 0) is 49.4 Å². The van der Waals surface area contributed by atoms with E-state index in [0.717, 1.165) is 82.2 Å². The van der Waals surface area contributed by atoms with Gasteiger partial charge in [-0.25, -0.2) is 0 Å². The first-order valence-electron chi connectivity index (χ1n) is 12.7. The zero-order valence-electron chi connectivity index (χ0n) is 20.8. The lowest BCUT2D eigenvalue weighted by Crippen LogP contribution is -2.48. The third-order valence-electron chi connectivity index (χ3n) is 7.60. The van der Waals surface area contributed by atoms with Crippen LogP contribution in [0.3, 0.4) is 0 Å². The fraction of sp³-hybridized carbons (Fsp3) is 0.556. The number of nitrogens with zero attached hydrogens (tertiary/aromatic N) is 4. The van der Waals surface area contributed by atoms with Crippen LogP contribution in [0.2, 0.25) is 0 Å². The van der Waals surface area contributed by atoms with Crippen molar-refractivity contribution in [2.24, 2.45) is 0 Å². The molecule has 0 bridgehead atoms. The van der Waals surface area contributed by atoms with Gasteiger partial charge in [0.25, 0.3) is 0 Å². The van der Waals surface area contributed by atoms with Crippen LogP contribution in [0, 0.1) is 25.2 Å². The van der Waals surface area contributed by atoms with Crippen LogP contribution in [0.4, 0.5) is 5.82 Å². The monoisotopic (exact) mass is 477 g/mol. The van der Waals surface area contributed by atoms with Crippen molar-refractivity contribution in [3.8, 4) is 11.8 Å². The molecule has 0 radical (unpaired) electrons. The highest BCUT2D eigenvalue weighted by Crippen LogP contribution is 2.29. The molecule has 1 amide bonds. The minimum absolute atomic E-state index is 0.0698. The highest BCUT2D eigenvalue weighted by molar-refractivity contribution is 5.93. The van der Waals surface area contributed by atoms with Gasteiger partial charge in [0.05, 0.1) is 31.4 Å². The SMILES string of the molecule is Cc1c(C#N)c(NC(=O)CN2CCN(Cc3ccc4c(c3)CCO4)CC2)n(C[C@@H]2CCCO2)c1C. The summed E-state index contributed by atoms with van der Waals surface area (Å²) in [4.78, 5) is 17.6. The Bertz CT molecular complexity index is 1120. The smallest absolute Gasteiger partial charge is 0.239 e. The lowest BCUT2D eigenvalue weighted by Gasteiger charge is -2.34. The number of carbonyl (C=O) groups is 1. The fourth-order valence-electron chi connectivity index (χ4n) is 5.43. The van der Waals surface area contributed by atoms with E-state index in [1.165, 1.54) is 11.1 Å². The Hall–Kier alpha value is -2.86. The van der Waals surface area contributed by atoms with Gasteiger partial charge in [-0.2, -0.15) is 5.26 Å². The summed E-state index contributed by atoms with van der Waals surface area (Å²) >= 11 is 0. The summed E-state index contributed by atoms with van der Waals surface area (Å²) in [5.41, 5.74) is 5.12. The maximum atomic E-state index is 13.0. The van der Waals surface area contributed by atoms with Crippen LogP contribution in [0.1, 0.15) is 40.8 Å². The number of nitriles is 1. The summed E-state index contributed by atoms with van der Waals surface area (Å²) in [6.07, 6.45) is 3.20. The second kappa shape index (κ2) is 10.4. The molecule has 2 aromatic rings. The van der Waals surface area contributed by atoms with Crippen LogP contribution in [-0.4, -0.2) is 72.3 Å². The van der Waals surface area contributed by atoms with Gasteiger partial charge in [0.1, 0.15) is 17.6 Å². The largest absolute Gasteiger partial charge is 0.493 e. The number of nitrogens with one attached hydrogen (secondary N) is 1. The Morgan fingerprint density at radius 1 is 1.17 bits per heavy atom. The molecule has 8 nitrogen and oxygen atoms in total. The third kappa shape index (κ3) is 5.22. The average molecular weight is 478 g/mol. The number of benzene rings is 1. The number of hydrogen-bond donors (Lipinski definition) is 1. The maximum absolute atomic E-state index is 13.0. The predicted molar refractivity (Wildman–Crippen MR) is 134 cm³/mol. The second-order valence-corrected chi connectivity index (χ2v) is 9.93. The third-order valence-corrected chi connectivity index (χ3v) is 7.60. The molecule has 0 spiro atoms. The van der Waals surface area contributed by atoms with Crippen molar-refractivity contribution in [3.63, 3.8) is 0 Å². The minimum Gasteiger partial charge on any atom is -0.493 e. The van der Waals surface area contributed by atoms with Crippen molar-refractivity contribution in [1.82, 2.24) is 14.4 Å². The molecule has 1 aromatic heterocycles. The summed E-state index contributed by atoms with van der Waals surface area (Å²) in [6, 6.07) is 8.82. The fourth-order valence-corrected chi connectivity index (χ4v) is 5.43. The zero-order valence-corrected chi connectivity index (χ0v) is 20.8. The predicted octanol–water partition coefficient (Wildman–Crippen LogP) is 2.85. The van der Waals surface area contributed by atoms with Gasteiger partial charge in [-0.1, -0.05) is 12.1 Å². The van der Waals surface area contributed by atoms with E-state index in [4.69, 9.17) is 9.47 Å². The summed E-state index contributed by atoms with van der Waals surface area (Å²) in [5, 5.41) is 12.8. The van der Waals surface area contributed by atoms with Crippen molar-refractivity contribution < 1.29 is 14.3 Å². The van der Waals surface area contributed by atoms with Crippen molar-refractivity contribution in [1.29, 1.82) is 5.26 Å². The van der Waals surface area contributed by atoms with E-state index in [0.29, 0.717) is 24.5 Å². The lowest BCUT2D eigenvalue weighted by molar-refractivity contribution is -0.117. The standard InChI is InChI=1S/C27H35N5O3/c1-19-20(2)32(17-23-4-3-12-34-23)27(24(19)15-28)29-26(33)18-31-10-8-30(9-11-31)16-21-5-6-25-22(14-21)7-13-35-25/h5-6,14,23H,3-4,7-13,16-18H2,1-2H3,(H,29,33)/t23-/m0/s1. The molecule has 0 saturated carbocycles. The Balaban J connectivity index is 1.16. The number of fused-ring (bicyclic) bond motifs is 1. The minimum atomic E-state index is -0.0698. The Labute approximate surface area is 207 Å². The molecule has 3 aliphatic heterocycles. The molecule has 186 valence electrons. The van der Waals surface area contributed by atoms with Gasteiger partial charge in [0.15, 0.2) is 0 Å². The van der Waals surface area contributed by atoms with Gasteiger partial charge in [0.2, 0.25) is 5.91 Å². The second-order valence-electron chi connectivity index (χ2n) is 9.93. The zero-order chi connectivity index (χ0) is 24.4. The molecule has 3 aliphatic rings.